The number of carboxylic acids is 1. The van der Waals surface area contributed by atoms with Crippen LogP contribution in [-0.4, -0.2) is 36.1 Å². The summed E-state index contributed by atoms with van der Waals surface area (Å²) in [5, 5.41) is 14.1. The molecule has 0 saturated carbocycles. The van der Waals surface area contributed by atoms with Gasteiger partial charge in [-0.1, -0.05) is 0 Å². The first-order valence-electron chi connectivity index (χ1n) is 4.66. The maximum absolute atomic E-state index is 11.5. The van der Waals surface area contributed by atoms with Crippen LogP contribution < -0.4 is 10.6 Å². The summed E-state index contributed by atoms with van der Waals surface area (Å²) in [6, 6.07) is 1.31. The number of carbonyl (C=O) groups excluding carboxylic acids is 1. The minimum Gasteiger partial charge on any atom is -0.478 e. The number of carboxylic acid groups (broad SMARTS) is 1. The third-order valence-corrected chi connectivity index (χ3v) is 2.15. The van der Waals surface area contributed by atoms with Crippen molar-refractivity contribution in [2.45, 2.75) is 6.92 Å². The molecule has 0 unspecified atom stereocenters. The van der Waals surface area contributed by atoms with Gasteiger partial charge < -0.3 is 15.7 Å². The van der Waals surface area contributed by atoms with Gasteiger partial charge in [-0.2, -0.15) is 0 Å². The zero-order chi connectivity index (χ0) is 12.3. The van der Waals surface area contributed by atoms with E-state index in [-0.39, 0.29) is 17.0 Å². The van der Waals surface area contributed by atoms with Crippen LogP contribution in [0.2, 0.25) is 0 Å². The Bertz CT molecular complexity index is 443. The molecule has 0 aromatic carbocycles. The summed E-state index contributed by atoms with van der Waals surface area (Å²) in [6.45, 7) is 1.58. The molecule has 86 valence electrons. The van der Waals surface area contributed by atoms with Gasteiger partial charge in [-0.25, -0.2) is 9.78 Å². The number of amides is 1. The first kappa shape index (κ1) is 12.0. The van der Waals surface area contributed by atoms with Crippen LogP contribution in [0.1, 0.15) is 26.4 Å². The summed E-state index contributed by atoms with van der Waals surface area (Å²) >= 11 is 0. The third-order valence-electron chi connectivity index (χ3n) is 2.15. The van der Waals surface area contributed by atoms with Crippen LogP contribution >= 0.6 is 0 Å². The number of nitrogens with one attached hydrogen (secondary N) is 2. The summed E-state index contributed by atoms with van der Waals surface area (Å²) in [7, 11) is 3.09. The minimum atomic E-state index is -1.10. The van der Waals surface area contributed by atoms with E-state index >= 15 is 0 Å². The molecular weight excluding hydrogens is 210 g/mol. The van der Waals surface area contributed by atoms with Gasteiger partial charge in [-0.05, 0) is 13.0 Å². The molecule has 1 rings (SSSR count). The van der Waals surface area contributed by atoms with Crippen molar-refractivity contribution in [1.82, 2.24) is 10.3 Å². The molecule has 0 spiro atoms. The van der Waals surface area contributed by atoms with Gasteiger partial charge in [0, 0.05) is 14.1 Å². The number of carbonyl (C=O) groups is 2. The van der Waals surface area contributed by atoms with Crippen molar-refractivity contribution >= 4 is 17.7 Å². The number of aromatic carboxylic acids is 1. The summed E-state index contributed by atoms with van der Waals surface area (Å²) in [6.07, 6.45) is 0. The second-order valence-electron chi connectivity index (χ2n) is 3.15. The van der Waals surface area contributed by atoms with E-state index in [0.717, 1.165) is 0 Å². The standard InChI is InChI=1S/C10H13N3O3/c1-5-6(10(15)16)4-7(9(14)12-3)8(11-2)13-5/h4H,1-3H3,(H,11,13)(H,12,14)(H,15,16). The van der Waals surface area contributed by atoms with Crippen LogP contribution in [-0.2, 0) is 0 Å². The van der Waals surface area contributed by atoms with Crippen LogP contribution in [0.5, 0.6) is 0 Å². The molecule has 0 saturated heterocycles. The highest BCUT2D eigenvalue weighted by Gasteiger charge is 2.17. The Balaban J connectivity index is 3.40. The van der Waals surface area contributed by atoms with Crippen molar-refractivity contribution in [2.24, 2.45) is 0 Å². The third kappa shape index (κ3) is 2.10. The Labute approximate surface area is 92.7 Å². The van der Waals surface area contributed by atoms with E-state index in [4.69, 9.17) is 5.11 Å². The van der Waals surface area contributed by atoms with Crippen LogP contribution in [0.4, 0.5) is 5.82 Å². The molecule has 0 aliphatic heterocycles. The van der Waals surface area contributed by atoms with Crippen molar-refractivity contribution in [3.8, 4) is 0 Å². The smallest absolute Gasteiger partial charge is 0.337 e. The van der Waals surface area contributed by atoms with E-state index in [2.05, 4.69) is 15.6 Å². The molecule has 1 amide bonds. The van der Waals surface area contributed by atoms with Gasteiger partial charge in [-0.3, -0.25) is 4.79 Å². The van der Waals surface area contributed by atoms with Gasteiger partial charge >= 0.3 is 5.97 Å². The second kappa shape index (κ2) is 4.61. The summed E-state index contributed by atoms with van der Waals surface area (Å²) in [5.74, 6) is -1.11. The van der Waals surface area contributed by atoms with Crippen LogP contribution in [0.25, 0.3) is 0 Å². The number of nitrogens with zero attached hydrogens (tertiary/aromatic N) is 1. The molecule has 0 bridgehead atoms. The van der Waals surface area contributed by atoms with Crippen molar-refractivity contribution in [3.63, 3.8) is 0 Å². The quantitative estimate of drug-likeness (QED) is 0.693. The van der Waals surface area contributed by atoms with Crippen molar-refractivity contribution in [2.75, 3.05) is 19.4 Å². The van der Waals surface area contributed by atoms with Crippen molar-refractivity contribution < 1.29 is 14.7 Å². The molecular formula is C10H13N3O3. The predicted molar refractivity (Wildman–Crippen MR) is 58.9 cm³/mol. The lowest BCUT2D eigenvalue weighted by Crippen LogP contribution is -2.21. The lowest BCUT2D eigenvalue weighted by molar-refractivity contribution is 0.0695. The zero-order valence-electron chi connectivity index (χ0n) is 9.29. The first-order valence-corrected chi connectivity index (χ1v) is 4.66. The maximum atomic E-state index is 11.5. The van der Waals surface area contributed by atoms with E-state index in [1.165, 1.54) is 13.1 Å². The van der Waals surface area contributed by atoms with Gasteiger partial charge in [0.1, 0.15) is 5.82 Å². The number of hydrogen-bond acceptors (Lipinski definition) is 4. The van der Waals surface area contributed by atoms with E-state index in [1.807, 2.05) is 0 Å². The lowest BCUT2D eigenvalue weighted by atomic mass is 10.1. The topological polar surface area (TPSA) is 91.3 Å². The maximum Gasteiger partial charge on any atom is 0.337 e. The molecule has 6 nitrogen and oxygen atoms in total. The Morgan fingerprint density at radius 1 is 1.31 bits per heavy atom. The summed E-state index contributed by atoms with van der Waals surface area (Å²) in [4.78, 5) is 26.4. The highest BCUT2D eigenvalue weighted by Crippen LogP contribution is 2.17. The normalized spacial score (nSPS) is 9.69. The number of aromatic nitrogens is 1. The molecule has 1 heterocycles. The lowest BCUT2D eigenvalue weighted by Gasteiger charge is -2.10. The first-order chi connectivity index (χ1) is 7.51. The monoisotopic (exact) mass is 223 g/mol. The molecule has 0 atom stereocenters. The van der Waals surface area contributed by atoms with Crippen LogP contribution in [0, 0.1) is 6.92 Å². The van der Waals surface area contributed by atoms with Crippen LogP contribution in [0.15, 0.2) is 6.07 Å². The Hall–Kier alpha value is -2.11. The molecule has 3 N–H and O–H groups in total. The number of hydrogen-bond donors (Lipinski definition) is 3. The minimum absolute atomic E-state index is 0.0256. The second-order valence-corrected chi connectivity index (χ2v) is 3.15. The fourth-order valence-corrected chi connectivity index (χ4v) is 1.32. The molecule has 16 heavy (non-hydrogen) atoms. The Morgan fingerprint density at radius 2 is 1.94 bits per heavy atom. The SMILES string of the molecule is CNC(=O)c1cc(C(=O)O)c(C)nc1NC. The van der Waals surface area contributed by atoms with Crippen LogP contribution in [0.3, 0.4) is 0 Å². The highest BCUT2D eigenvalue weighted by molar-refractivity contribution is 6.01. The molecule has 1 aromatic heterocycles. The van der Waals surface area contributed by atoms with Gasteiger partial charge in [0.15, 0.2) is 0 Å². The molecule has 0 aliphatic carbocycles. The number of anilines is 1. The largest absolute Gasteiger partial charge is 0.478 e. The van der Waals surface area contributed by atoms with E-state index in [9.17, 15) is 9.59 Å². The van der Waals surface area contributed by atoms with E-state index in [0.29, 0.717) is 11.5 Å². The Kier molecular flexibility index (Phi) is 3.44. The van der Waals surface area contributed by atoms with E-state index < -0.39 is 5.97 Å². The highest BCUT2D eigenvalue weighted by atomic mass is 16.4. The average Bonchev–Trinajstić information content (AvgIpc) is 2.27. The predicted octanol–water partition coefficient (Wildman–Crippen LogP) is 0.490. The van der Waals surface area contributed by atoms with Gasteiger partial charge in [0.25, 0.3) is 5.91 Å². The fourth-order valence-electron chi connectivity index (χ4n) is 1.32. The number of aryl methyl sites for hydroxylation is 1. The number of rotatable bonds is 3. The summed E-state index contributed by atoms with van der Waals surface area (Å²) in [5.41, 5.74) is 0.607. The van der Waals surface area contributed by atoms with Gasteiger partial charge in [0.05, 0.1) is 16.8 Å². The Morgan fingerprint density at radius 3 is 2.38 bits per heavy atom. The fraction of sp³-hybridized carbons (Fsp3) is 0.300. The molecule has 0 radical (unpaired) electrons. The molecule has 1 aromatic rings. The number of pyridine rings is 1. The van der Waals surface area contributed by atoms with Gasteiger partial charge in [0.2, 0.25) is 0 Å². The molecule has 0 aliphatic rings. The summed E-state index contributed by atoms with van der Waals surface area (Å²) < 4.78 is 0. The van der Waals surface area contributed by atoms with Crippen molar-refractivity contribution in [3.05, 3.63) is 22.9 Å². The van der Waals surface area contributed by atoms with Gasteiger partial charge in [-0.15, -0.1) is 0 Å². The molecule has 6 heteroatoms. The molecule has 0 fully saturated rings. The van der Waals surface area contributed by atoms with E-state index in [1.54, 1.807) is 14.0 Å². The van der Waals surface area contributed by atoms with Crippen molar-refractivity contribution in [1.29, 1.82) is 0 Å². The zero-order valence-corrected chi connectivity index (χ0v) is 9.29. The average molecular weight is 223 g/mol.